The normalized spacial score (nSPS) is 10.3. The van der Waals surface area contributed by atoms with E-state index in [1.807, 2.05) is 24.3 Å². The second-order valence-electron chi connectivity index (χ2n) is 3.91. The molecule has 0 fully saturated rings. The molecule has 0 saturated heterocycles. The summed E-state index contributed by atoms with van der Waals surface area (Å²) in [6.07, 6.45) is 3.50. The molecule has 0 saturated carbocycles. The summed E-state index contributed by atoms with van der Waals surface area (Å²) in [6, 6.07) is 7.86. The quantitative estimate of drug-likeness (QED) is 0.883. The zero-order valence-corrected chi connectivity index (χ0v) is 11.8. The van der Waals surface area contributed by atoms with Gasteiger partial charge in [-0.2, -0.15) is 0 Å². The lowest BCUT2D eigenvalue weighted by atomic mass is 10.2. The van der Waals surface area contributed by atoms with E-state index in [1.54, 1.807) is 12.4 Å². The molecule has 1 aromatic carbocycles. The van der Waals surface area contributed by atoms with Crippen LogP contribution in [-0.2, 0) is 6.54 Å². The maximum atomic E-state index is 5.95. The summed E-state index contributed by atoms with van der Waals surface area (Å²) in [5.41, 5.74) is 7.84. The van der Waals surface area contributed by atoms with Crippen LogP contribution in [0.3, 0.4) is 0 Å². The van der Waals surface area contributed by atoms with Crippen molar-refractivity contribution in [1.29, 1.82) is 0 Å². The molecule has 2 rings (SSSR count). The van der Waals surface area contributed by atoms with Gasteiger partial charge in [-0.3, -0.25) is 0 Å². The van der Waals surface area contributed by atoms with Gasteiger partial charge in [-0.25, -0.2) is 9.97 Å². The number of hydrogen-bond acceptors (Lipinski definition) is 4. The molecule has 0 amide bonds. The number of rotatable bonds is 4. The van der Waals surface area contributed by atoms with Crippen LogP contribution in [0.4, 0.5) is 11.6 Å². The number of para-hydroxylation sites is 1. The van der Waals surface area contributed by atoms with Crippen LogP contribution < -0.4 is 10.6 Å². The highest BCUT2D eigenvalue weighted by Crippen LogP contribution is 2.17. The second-order valence-corrected chi connectivity index (χ2v) is 4.83. The Morgan fingerprint density at radius 3 is 2.50 bits per heavy atom. The minimum atomic E-state index is 0.712. The van der Waals surface area contributed by atoms with Gasteiger partial charge in [0.05, 0.1) is 4.47 Å². The van der Waals surface area contributed by atoms with Crippen molar-refractivity contribution in [3.8, 4) is 0 Å². The lowest BCUT2D eigenvalue weighted by molar-refractivity contribution is 0.792. The molecule has 5 heteroatoms. The van der Waals surface area contributed by atoms with E-state index in [0.29, 0.717) is 12.5 Å². The maximum Gasteiger partial charge on any atom is 0.225 e. The number of benzene rings is 1. The SMILES string of the molecule is CCN(Cc1ccccc1N)c1ncc(Br)cn1. The molecule has 0 radical (unpaired) electrons. The van der Waals surface area contributed by atoms with E-state index in [0.717, 1.165) is 22.3 Å². The van der Waals surface area contributed by atoms with E-state index in [9.17, 15) is 0 Å². The predicted molar refractivity (Wildman–Crippen MR) is 77.3 cm³/mol. The van der Waals surface area contributed by atoms with Crippen LogP contribution in [0, 0.1) is 0 Å². The van der Waals surface area contributed by atoms with Crippen molar-refractivity contribution in [2.45, 2.75) is 13.5 Å². The van der Waals surface area contributed by atoms with E-state index in [1.165, 1.54) is 0 Å². The third-order valence-corrected chi connectivity index (χ3v) is 3.10. The van der Waals surface area contributed by atoms with Gasteiger partial charge in [0.15, 0.2) is 0 Å². The third-order valence-electron chi connectivity index (χ3n) is 2.69. The fourth-order valence-electron chi connectivity index (χ4n) is 1.68. The topological polar surface area (TPSA) is 55.0 Å². The van der Waals surface area contributed by atoms with Crippen LogP contribution >= 0.6 is 15.9 Å². The van der Waals surface area contributed by atoms with Gasteiger partial charge in [-0.05, 0) is 34.5 Å². The van der Waals surface area contributed by atoms with Crippen molar-refractivity contribution < 1.29 is 0 Å². The van der Waals surface area contributed by atoms with Gasteiger partial charge in [0.1, 0.15) is 0 Å². The van der Waals surface area contributed by atoms with Crippen LogP contribution in [0.2, 0.25) is 0 Å². The van der Waals surface area contributed by atoms with Gasteiger partial charge in [-0.15, -0.1) is 0 Å². The van der Waals surface area contributed by atoms with Crippen LogP contribution in [0.1, 0.15) is 12.5 Å². The summed E-state index contributed by atoms with van der Waals surface area (Å²) < 4.78 is 0.876. The molecule has 18 heavy (non-hydrogen) atoms. The molecule has 1 heterocycles. The molecule has 0 bridgehead atoms. The summed E-state index contributed by atoms with van der Waals surface area (Å²) in [6.45, 7) is 3.62. The number of aromatic nitrogens is 2. The Kier molecular flexibility index (Phi) is 4.15. The molecule has 0 aliphatic carbocycles. The Morgan fingerprint density at radius 2 is 1.89 bits per heavy atom. The van der Waals surface area contributed by atoms with Crippen LogP contribution in [0.5, 0.6) is 0 Å². The molecule has 94 valence electrons. The highest BCUT2D eigenvalue weighted by molar-refractivity contribution is 9.10. The number of halogens is 1. The van der Waals surface area contributed by atoms with Gasteiger partial charge < -0.3 is 10.6 Å². The average molecular weight is 307 g/mol. The minimum absolute atomic E-state index is 0.712. The fraction of sp³-hybridized carbons (Fsp3) is 0.231. The second kappa shape index (κ2) is 5.82. The van der Waals surface area contributed by atoms with E-state index in [4.69, 9.17) is 5.73 Å². The number of nitrogens with two attached hydrogens (primary N) is 1. The number of anilines is 2. The van der Waals surface area contributed by atoms with E-state index < -0.39 is 0 Å². The highest BCUT2D eigenvalue weighted by Gasteiger charge is 2.09. The van der Waals surface area contributed by atoms with Crippen LogP contribution in [0.25, 0.3) is 0 Å². The van der Waals surface area contributed by atoms with Crippen molar-refractivity contribution in [2.75, 3.05) is 17.2 Å². The molecule has 0 aliphatic rings. The molecule has 0 unspecified atom stereocenters. The van der Waals surface area contributed by atoms with E-state index in [2.05, 4.69) is 37.7 Å². The summed E-state index contributed by atoms with van der Waals surface area (Å²) >= 11 is 3.33. The molecule has 0 atom stereocenters. The van der Waals surface area contributed by atoms with Gasteiger partial charge in [0, 0.05) is 31.2 Å². The van der Waals surface area contributed by atoms with Gasteiger partial charge in [-0.1, -0.05) is 18.2 Å². The summed E-state index contributed by atoms with van der Waals surface area (Å²) in [4.78, 5) is 10.7. The van der Waals surface area contributed by atoms with Crippen molar-refractivity contribution in [3.05, 3.63) is 46.7 Å². The summed E-state index contributed by atoms with van der Waals surface area (Å²) in [5, 5.41) is 0. The zero-order valence-electron chi connectivity index (χ0n) is 10.2. The fourth-order valence-corrected chi connectivity index (χ4v) is 1.88. The highest BCUT2D eigenvalue weighted by atomic mass is 79.9. The molecule has 4 nitrogen and oxygen atoms in total. The molecule has 2 aromatic rings. The standard InChI is InChI=1S/C13H15BrN4/c1-2-18(13-16-7-11(14)8-17-13)9-10-5-3-4-6-12(10)15/h3-8H,2,9,15H2,1H3. The van der Waals surface area contributed by atoms with Gasteiger partial charge in [0.25, 0.3) is 0 Å². The Morgan fingerprint density at radius 1 is 1.22 bits per heavy atom. The Hall–Kier alpha value is -1.62. The van der Waals surface area contributed by atoms with Gasteiger partial charge >= 0.3 is 0 Å². The van der Waals surface area contributed by atoms with Crippen LogP contribution in [0.15, 0.2) is 41.1 Å². The first-order valence-corrected chi connectivity index (χ1v) is 6.56. The molecular formula is C13H15BrN4. The average Bonchev–Trinajstić information content (AvgIpc) is 2.39. The van der Waals surface area contributed by atoms with E-state index >= 15 is 0 Å². The number of nitrogen functional groups attached to an aromatic ring is 1. The van der Waals surface area contributed by atoms with E-state index in [-0.39, 0.29) is 0 Å². The smallest absolute Gasteiger partial charge is 0.225 e. The monoisotopic (exact) mass is 306 g/mol. The number of hydrogen-bond donors (Lipinski definition) is 1. The first-order chi connectivity index (χ1) is 8.70. The number of nitrogens with zero attached hydrogens (tertiary/aromatic N) is 3. The van der Waals surface area contributed by atoms with Crippen molar-refractivity contribution >= 4 is 27.6 Å². The first kappa shape index (κ1) is 12.8. The Labute approximate surface area is 115 Å². The molecule has 0 aliphatic heterocycles. The zero-order chi connectivity index (χ0) is 13.0. The van der Waals surface area contributed by atoms with Crippen molar-refractivity contribution in [2.24, 2.45) is 0 Å². The minimum Gasteiger partial charge on any atom is -0.398 e. The molecular weight excluding hydrogens is 292 g/mol. The predicted octanol–water partition coefficient (Wildman–Crippen LogP) is 2.85. The summed E-state index contributed by atoms with van der Waals surface area (Å²) in [5.74, 6) is 0.712. The maximum absolute atomic E-state index is 5.95. The van der Waals surface area contributed by atoms with Crippen molar-refractivity contribution in [1.82, 2.24) is 9.97 Å². The lowest BCUT2D eigenvalue weighted by Gasteiger charge is -2.21. The molecule has 0 spiro atoms. The lowest BCUT2D eigenvalue weighted by Crippen LogP contribution is -2.24. The molecule has 1 aromatic heterocycles. The largest absolute Gasteiger partial charge is 0.398 e. The molecule has 2 N–H and O–H groups in total. The van der Waals surface area contributed by atoms with Crippen molar-refractivity contribution in [3.63, 3.8) is 0 Å². The van der Waals surface area contributed by atoms with Crippen LogP contribution in [-0.4, -0.2) is 16.5 Å². The third kappa shape index (κ3) is 2.98. The Balaban J connectivity index is 2.20. The Bertz CT molecular complexity index is 513. The van der Waals surface area contributed by atoms with Gasteiger partial charge in [0.2, 0.25) is 5.95 Å². The first-order valence-electron chi connectivity index (χ1n) is 5.76. The summed E-state index contributed by atoms with van der Waals surface area (Å²) in [7, 11) is 0.